The van der Waals surface area contributed by atoms with Crippen LogP contribution in [0.25, 0.3) is 0 Å². The van der Waals surface area contributed by atoms with Crippen LogP contribution in [0.4, 0.5) is 0 Å². The molecule has 6 heteroatoms. The van der Waals surface area contributed by atoms with Crippen LogP contribution < -0.4 is 16.4 Å². The summed E-state index contributed by atoms with van der Waals surface area (Å²) >= 11 is 0. The van der Waals surface area contributed by atoms with Gasteiger partial charge >= 0.3 is 7.12 Å². The summed E-state index contributed by atoms with van der Waals surface area (Å²) in [5, 5.41) is 24.8. The van der Waals surface area contributed by atoms with Gasteiger partial charge in [0.05, 0.1) is 0 Å². The average molecular weight is 333 g/mol. The molecule has 0 radical (unpaired) electrons. The molecule has 1 unspecified atom stereocenters. The second-order valence-electron chi connectivity index (χ2n) is 5.71. The zero-order valence-electron chi connectivity index (χ0n) is 15.3. The van der Waals surface area contributed by atoms with E-state index in [9.17, 15) is 0 Å². The Morgan fingerprint density at radius 3 is 2.42 bits per heavy atom. The van der Waals surface area contributed by atoms with E-state index >= 15 is 0 Å². The average Bonchev–Trinajstić information content (AvgIpc) is 2.55. The molecule has 0 aliphatic carbocycles. The van der Waals surface area contributed by atoms with E-state index in [4.69, 9.17) is 15.8 Å². The molecule has 24 heavy (non-hydrogen) atoms. The maximum Gasteiger partial charge on any atom is 0.483 e. The lowest BCUT2D eigenvalue weighted by Crippen LogP contribution is -2.29. The Labute approximate surface area is 146 Å². The van der Waals surface area contributed by atoms with Crippen molar-refractivity contribution in [3.63, 3.8) is 0 Å². The minimum atomic E-state index is -1.42. The molecule has 0 saturated heterocycles. The van der Waals surface area contributed by atoms with Gasteiger partial charge in [-0.2, -0.15) is 0 Å². The molecule has 0 rings (SSSR count). The molecule has 0 aromatic carbocycles. The van der Waals surface area contributed by atoms with Crippen LogP contribution in [-0.2, 0) is 0 Å². The third kappa shape index (κ3) is 10.9. The Morgan fingerprint density at radius 1 is 1.17 bits per heavy atom. The summed E-state index contributed by atoms with van der Waals surface area (Å²) in [6, 6.07) is 0. The number of nitrogens with one attached hydrogen (secondary N) is 2. The lowest BCUT2D eigenvalue weighted by Gasteiger charge is -2.14. The minimum Gasteiger partial charge on any atom is -0.423 e. The standard InChI is InChI=1S/C18H32BN3O2/c1-5-7-15(3)12-22-18(11-20)14-21-13-17(8-6-2)10-9-16(4)19(23)24/h5-11,15,21-24H,12-14,20H2,1-4H3/b7-5-,8-6-,16-9+,17-10+,18-11-. The van der Waals surface area contributed by atoms with Crippen LogP contribution in [0.1, 0.15) is 27.7 Å². The fourth-order valence-corrected chi connectivity index (χ4v) is 1.92. The topological polar surface area (TPSA) is 90.5 Å². The Morgan fingerprint density at radius 2 is 1.88 bits per heavy atom. The van der Waals surface area contributed by atoms with E-state index in [-0.39, 0.29) is 0 Å². The molecule has 134 valence electrons. The SMILES string of the molecule is C\C=C/C(=C\C=C(/C)B(O)O)CNC/C(=C/N)NCC(C)/C=C\C. The third-order valence-corrected chi connectivity index (χ3v) is 3.37. The van der Waals surface area contributed by atoms with Gasteiger partial charge in [-0.15, -0.1) is 0 Å². The first-order chi connectivity index (χ1) is 11.4. The van der Waals surface area contributed by atoms with Gasteiger partial charge in [0.25, 0.3) is 0 Å². The molecule has 1 atom stereocenters. The predicted molar refractivity (Wildman–Crippen MR) is 104 cm³/mol. The third-order valence-electron chi connectivity index (χ3n) is 3.37. The number of nitrogens with two attached hydrogens (primary N) is 1. The molecule has 0 aromatic rings. The summed E-state index contributed by atoms with van der Waals surface area (Å²) in [7, 11) is -1.42. The zero-order valence-corrected chi connectivity index (χ0v) is 15.3. The number of hydrogen-bond acceptors (Lipinski definition) is 5. The van der Waals surface area contributed by atoms with Gasteiger partial charge in [-0.25, -0.2) is 0 Å². The van der Waals surface area contributed by atoms with Crippen molar-refractivity contribution in [3.8, 4) is 0 Å². The molecule has 0 aliphatic heterocycles. The van der Waals surface area contributed by atoms with Crippen LogP contribution in [0, 0.1) is 5.92 Å². The van der Waals surface area contributed by atoms with E-state index in [2.05, 4.69) is 23.6 Å². The fraction of sp³-hybridized carbons (Fsp3) is 0.444. The second kappa shape index (κ2) is 13.7. The molecule has 0 heterocycles. The van der Waals surface area contributed by atoms with Crippen LogP contribution in [0.5, 0.6) is 0 Å². The zero-order chi connectivity index (χ0) is 18.4. The molecule has 0 bridgehead atoms. The van der Waals surface area contributed by atoms with Gasteiger partial charge in [0, 0.05) is 31.5 Å². The first-order valence-electron chi connectivity index (χ1n) is 8.28. The first kappa shape index (κ1) is 22.2. The van der Waals surface area contributed by atoms with Gasteiger partial charge < -0.3 is 26.4 Å². The maximum atomic E-state index is 9.08. The largest absolute Gasteiger partial charge is 0.483 e. The number of hydrogen-bond donors (Lipinski definition) is 5. The molecular formula is C18H32BN3O2. The van der Waals surface area contributed by atoms with Crippen molar-refractivity contribution in [2.75, 3.05) is 19.6 Å². The second-order valence-corrected chi connectivity index (χ2v) is 5.71. The molecule has 0 aromatic heterocycles. The lowest BCUT2D eigenvalue weighted by molar-refractivity contribution is 0.419. The van der Waals surface area contributed by atoms with E-state index in [1.165, 1.54) is 0 Å². The van der Waals surface area contributed by atoms with Gasteiger partial charge in [0.1, 0.15) is 0 Å². The molecule has 0 fully saturated rings. The van der Waals surface area contributed by atoms with E-state index in [1.807, 2.05) is 38.2 Å². The molecular weight excluding hydrogens is 301 g/mol. The van der Waals surface area contributed by atoms with Crippen molar-refractivity contribution in [2.24, 2.45) is 11.7 Å². The van der Waals surface area contributed by atoms with Crippen molar-refractivity contribution in [3.05, 3.63) is 59.4 Å². The van der Waals surface area contributed by atoms with Gasteiger partial charge in [0.2, 0.25) is 0 Å². The first-order valence-corrected chi connectivity index (χ1v) is 8.28. The van der Waals surface area contributed by atoms with E-state index in [1.54, 1.807) is 19.2 Å². The summed E-state index contributed by atoms with van der Waals surface area (Å²) in [6.07, 6.45) is 13.3. The summed E-state index contributed by atoms with van der Waals surface area (Å²) < 4.78 is 0. The van der Waals surface area contributed by atoms with Crippen molar-refractivity contribution >= 4 is 7.12 Å². The minimum absolute atomic E-state index is 0.446. The van der Waals surface area contributed by atoms with E-state index < -0.39 is 7.12 Å². The van der Waals surface area contributed by atoms with Gasteiger partial charge in [-0.3, -0.25) is 0 Å². The lowest BCUT2D eigenvalue weighted by atomic mass is 9.80. The predicted octanol–water partition coefficient (Wildman–Crippen LogP) is 1.64. The molecule has 5 nitrogen and oxygen atoms in total. The Balaban J connectivity index is 4.50. The van der Waals surface area contributed by atoms with Crippen molar-refractivity contribution in [1.82, 2.24) is 10.6 Å². The van der Waals surface area contributed by atoms with Gasteiger partial charge in [-0.05, 0) is 37.7 Å². The van der Waals surface area contributed by atoms with E-state index in [0.29, 0.717) is 24.5 Å². The highest BCUT2D eigenvalue weighted by Crippen LogP contribution is 2.01. The highest BCUT2D eigenvalue weighted by molar-refractivity contribution is 6.50. The highest BCUT2D eigenvalue weighted by Gasteiger charge is 2.07. The van der Waals surface area contributed by atoms with Crippen molar-refractivity contribution in [1.29, 1.82) is 0 Å². The summed E-state index contributed by atoms with van der Waals surface area (Å²) in [5.74, 6) is 0.446. The molecule has 0 saturated carbocycles. The number of allylic oxidation sites excluding steroid dienone is 5. The van der Waals surface area contributed by atoms with E-state index in [0.717, 1.165) is 17.8 Å². The smallest absolute Gasteiger partial charge is 0.423 e. The quantitative estimate of drug-likeness (QED) is 0.225. The number of rotatable bonds is 11. The Hall–Kier alpha value is -1.76. The van der Waals surface area contributed by atoms with Crippen LogP contribution >= 0.6 is 0 Å². The van der Waals surface area contributed by atoms with Crippen molar-refractivity contribution < 1.29 is 10.0 Å². The summed E-state index contributed by atoms with van der Waals surface area (Å²) in [5.41, 5.74) is 8.15. The van der Waals surface area contributed by atoms with Crippen LogP contribution in [0.3, 0.4) is 0 Å². The van der Waals surface area contributed by atoms with Crippen LogP contribution in [-0.4, -0.2) is 36.8 Å². The monoisotopic (exact) mass is 333 g/mol. The van der Waals surface area contributed by atoms with Gasteiger partial charge in [0.15, 0.2) is 0 Å². The van der Waals surface area contributed by atoms with Gasteiger partial charge in [-0.1, -0.05) is 43.4 Å². The molecule has 0 spiro atoms. The Kier molecular flexibility index (Phi) is 12.7. The normalized spacial score (nSPS) is 15.3. The molecule has 0 amide bonds. The highest BCUT2D eigenvalue weighted by atomic mass is 16.4. The maximum absolute atomic E-state index is 9.08. The molecule has 0 aliphatic rings. The summed E-state index contributed by atoms with van der Waals surface area (Å²) in [4.78, 5) is 0. The Bertz CT molecular complexity index is 494. The van der Waals surface area contributed by atoms with Crippen LogP contribution in [0.15, 0.2) is 59.4 Å². The fourth-order valence-electron chi connectivity index (χ4n) is 1.92. The summed E-state index contributed by atoms with van der Waals surface area (Å²) in [6.45, 7) is 9.90. The van der Waals surface area contributed by atoms with Crippen LogP contribution in [0.2, 0.25) is 0 Å². The van der Waals surface area contributed by atoms with Crippen molar-refractivity contribution in [2.45, 2.75) is 27.7 Å². The molecule has 6 N–H and O–H groups in total.